The van der Waals surface area contributed by atoms with Gasteiger partial charge in [0.15, 0.2) is 5.78 Å². The Bertz CT molecular complexity index is 724. The monoisotopic (exact) mass is 271 g/mol. The molecule has 0 aliphatic carbocycles. The minimum atomic E-state index is 0.0749. The highest BCUT2D eigenvalue weighted by Crippen LogP contribution is 2.21. The molecule has 19 heavy (non-hydrogen) atoms. The predicted octanol–water partition coefficient (Wildman–Crippen LogP) is 3.12. The summed E-state index contributed by atoms with van der Waals surface area (Å²) in [5, 5.41) is 0.918. The first kappa shape index (κ1) is 12.0. The molecule has 1 aromatic carbocycles. The van der Waals surface area contributed by atoms with Crippen LogP contribution in [0.4, 0.5) is 0 Å². The van der Waals surface area contributed by atoms with Crippen molar-refractivity contribution >= 4 is 28.2 Å². The summed E-state index contributed by atoms with van der Waals surface area (Å²) in [7, 11) is 0. The first-order valence-corrected chi connectivity index (χ1v) is 6.86. The molecule has 2 aromatic heterocycles. The van der Waals surface area contributed by atoms with Gasteiger partial charge in [-0.1, -0.05) is 12.1 Å². The molecule has 0 unspecified atom stereocenters. The number of carbonyl (C=O) groups excluding carboxylic acids is 1. The maximum absolute atomic E-state index is 11.4. The van der Waals surface area contributed by atoms with Gasteiger partial charge in [-0.05, 0) is 19.1 Å². The van der Waals surface area contributed by atoms with Crippen molar-refractivity contribution in [1.82, 2.24) is 15.0 Å². The third-order valence-electron chi connectivity index (χ3n) is 2.92. The van der Waals surface area contributed by atoms with E-state index in [1.807, 2.05) is 31.2 Å². The Morgan fingerprint density at radius 1 is 1.32 bits per heavy atom. The van der Waals surface area contributed by atoms with E-state index in [0.29, 0.717) is 6.42 Å². The minimum Gasteiger partial charge on any atom is -0.342 e. The number of rotatable bonds is 3. The summed E-state index contributed by atoms with van der Waals surface area (Å²) in [4.78, 5) is 24.4. The molecule has 0 fully saturated rings. The van der Waals surface area contributed by atoms with Crippen LogP contribution in [0.3, 0.4) is 0 Å². The molecule has 96 valence electrons. The van der Waals surface area contributed by atoms with Crippen LogP contribution in [-0.4, -0.2) is 20.7 Å². The zero-order chi connectivity index (χ0) is 13.4. The lowest BCUT2D eigenvalue weighted by Crippen LogP contribution is -1.90. The van der Waals surface area contributed by atoms with Crippen LogP contribution in [0.1, 0.15) is 33.1 Å². The molecule has 3 rings (SSSR count). The molecule has 0 saturated heterocycles. The SMILES string of the molecule is CC(=O)c1sc(Cc2nc3ccccc3[nH]2)nc1C. The summed E-state index contributed by atoms with van der Waals surface area (Å²) in [5.74, 6) is 0.955. The molecule has 3 aromatic rings. The highest BCUT2D eigenvalue weighted by molar-refractivity contribution is 7.13. The fraction of sp³-hybridized carbons (Fsp3) is 0.214. The van der Waals surface area contributed by atoms with E-state index in [4.69, 9.17) is 0 Å². The second-order valence-electron chi connectivity index (χ2n) is 4.46. The topological polar surface area (TPSA) is 58.6 Å². The van der Waals surface area contributed by atoms with E-state index >= 15 is 0 Å². The number of benzene rings is 1. The van der Waals surface area contributed by atoms with Crippen molar-refractivity contribution < 1.29 is 4.79 Å². The highest BCUT2D eigenvalue weighted by Gasteiger charge is 2.13. The Kier molecular flexibility index (Phi) is 2.91. The molecule has 2 heterocycles. The maximum Gasteiger partial charge on any atom is 0.171 e. The van der Waals surface area contributed by atoms with Crippen LogP contribution in [0.25, 0.3) is 11.0 Å². The largest absolute Gasteiger partial charge is 0.342 e. The lowest BCUT2D eigenvalue weighted by atomic mass is 10.3. The van der Waals surface area contributed by atoms with Crippen molar-refractivity contribution in [3.05, 3.63) is 45.7 Å². The summed E-state index contributed by atoms with van der Waals surface area (Å²) in [5.41, 5.74) is 2.79. The number of H-pyrrole nitrogens is 1. The first-order chi connectivity index (χ1) is 9.13. The van der Waals surface area contributed by atoms with Gasteiger partial charge in [0, 0.05) is 6.92 Å². The van der Waals surface area contributed by atoms with Crippen LogP contribution >= 0.6 is 11.3 Å². The fourth-order valence-electron chi connectivity index (χ4n) is 2.09. The number of thiazole rings is 1. The molecular formula is C14H13N3OS. The summed E-state index contributed by atoms with van der Waals surface area (Å²) < 4.78 is 0. The number of hydrogen-bond donors (Lipinski definition) is 1. The number of para-hydroxylation sites is 2. The number of aryl methyl sites for hydroxylation is 1. The van der Waals surface area contributed by atoms with Crippen LogP contribution in [0, 0.1) is 6.92 Å². The molecular weight excluding hydrogens is 258 g/mol. The lowest BCUT2D eigenvalue weighted by molar-refractivity contribution is 0.102. The Balaban J connectivity index is 1.92. The Hall–Kier alpha value is -2.01. The molecule has 0 aliphatic heterocycles. The average Bonchev–Trinajstić information content (AvgIpc) is 2.92. The molecule has 0 bridgehead atoms. The van der Waals surface area contributed by atoms with Crippen LogP contribution in [-0.2, 0) is 6.42 Å². The van der Waals surface area contributed by atoms with Gasteiger partial charge in [0.2, 0.25) is 0 Å². The summed E-state index contributed by atoms with van der Waals surface area (Å²) in [6.45, 7) is 3.45. The number of ketones is 1. The number of nitrogens with zero attached hydrogens (tertiary/aromatic N) is 2. The normalized spacial score (nSPS) is 11.1. The molecule has 0 spiro atoms. The summed E-state index contributed by atoms with van der Waals surface area (Å²) in [6.07, 6.45) is 0.632. The summed E-state index contributed by atoms with van der Waals surface area (Å²) >= 11 is 1.45. The number of hydrogen-bond acceptors (Lipinski definition) is 4. The zero-order valence-electron chi connectivity index (χ0n) is 10.7. The van der Waals surface area contributed by atoms with E-state index in [-0.39, 0.29) is 5.78 Å². The third-order valence-corrected chi connectivity index (χ3v) is 4.18. The van der Waals surface area contributed by atoms with Gasteiger partial charge in [0.25, 0.3) is 0 Å². The standard InChI is InChI=1S/C14H13N3OS/c1-8-14(9(2)18)19-13(15-8)7-12-16-10-5-3-4-6-11(10)17-12/h3-6H,7H2,1-2H3,(H,16,17). The number of imidazole rings is 1. The molecule has 1 N–H and O–H groups in total. The minimum absolute atomic E-state index is 0.0749. The molecule has 0 saturated carbocycles. The van der Waals surface area contributed by atoms with Crippen molar-refractivity contribution in [2.24, 2.45) is 0 Å². The van der Waals surface area contributed by atoms with Crippen LogP contribution in [0.15, 0.2) is 24.3 Å². The Morgan fingerprint density at radius 3 is 2.79 bits per heavy atom. The second-order valence-corrected chi connectivity index (χ2v) is 5.54. The van der Waals surface area contributed by atoms with E-state index < -0.39 is 0 Å². The van der Waals surface area contributed by atoms with Crippen LogP contribution < -0.4 is 0 Å². The van der Waals surface area contributed by atoms with Gasteiger partial charge >= 0.3 is 0 Å². The van der Waals surface area contributed by atoms with Gasteiger partial charge in [-0.15, -0.1) is 11.3 Å². The second kappa shape index (κ2) is 4.59. The van der Waals surface area contributed by atoms with Crippen LogP contribution in [0.2, 0.25) is 0 Å². The lowest BCUT2D eigenvalue weighted by Gasteiger charge is -1.90. The zero-order valence-corrected chi connectivity index (χ0v) is 11.5. The number of carbonyl (C=O) groups is 1. The van der Waals surface area contributed by atoms with Crippen LogP contribution in [0.5, 0.6) is 0 Å². The average molecular weight is 271 g/mol. The number of aromatic amines is 1. The van der Waals surface area contributed by atoms with Crippen molar-refractivity contribution in [3.63, 3.8) is 0 Å². The molecule has 0 aliphatic rings. The number of fused-ring (bicyclic) bond motifs is 1. The number of nitrogens with one attached hydrogen (secondary N) is 1. The van der Waals surface area contributed by atoms with E-state index in [2.05, 4.69) is 15.0 Å². The Morgan fingerprint density at radius 2 is 2.11 bits per heavy atom. The molecule has 0 atom stereocenters. The number of aromatic nitrogens is 3. The molecule has 0 radical (unpaired) electrons. The fourth-order valence-corrected chi connectivity index (χ4v) is 3.05. The van der Waals surface area contributed by atoms with E-state index in [1.165, 1.54) is 11.3 Å². The van der Waals surface area contributed by atoms with E-state index in [0.717, 1.165) is 32.4 Å². The molecule has 5 heteroatoms. The van der Waals surface area contributed by atoms with Crippen molar-refractivity contribution in [2.45, 2.75) is 20.3 Å². The number of Topliss-reactive ketones (excluding diaryl/α,β-unsaturated/α-hetero) is 1. The summed E-state index contributed by atoms with van der Waals surface area (Å²) in [6, 6.07) is 7.92. The van der Waals surface area contributed by atoms with Gasteiger partial charge in [-0.2, -0.15) is 0 Å². The van der Waals surface area contributed by atoms with Gasteiger partial charge < -0.3 is 4.98 Å². The van der Waals surface area contributed by atoms with Crippen molar-refractivity contribution in [3.8, 4) is 0 Å². The predicted molar refractivity (Wildman–Crippen MR) is 75.8 cm³/mol. The maximum atomic E-state index is 11.4. The molecule has 4 nitrogen and oxygen atoms in total. The third kappa shape index (κ3) is 2.29. The van der Waals surface area contributed by atoms with Crippen molar-refractivity contribution in [1.29, 1.82) is 0 Å². The first-order valence-electron chi connectivity index (χ1n) is 6.04. The van der Waals surface area contributed by atoms with Crippen molar-refractivity contribution in [2.75, 3.05) is 0 Å². The molecule has 0 amide bonds. The quantitative estimate of drug-likeness (QED) is 0.745. The smallest absolute Gasteiger partial charge is 0.171 e. The Labute approximate surface area is 114 Å². The van der Waals surface area contributed by atoms with Gasteiger partial charge in [-0.3, -0.25) is 4.79 Å². The van der Waals surface area contributed by atoms with Gasteiger partial charge in [0.05, 0.1) is 28.0 Å². The van der Waals surface area contributed by atoms with E-state index in [1.54, 1.807) is 6.92 Å². The van der Waals surface area contributed by atoms with Gasteiger partial charge in [-0.25, -0.2) is 9.97 Å². The van der Waals surface area contributed by atoms with Gasteiger partial charge in [0.1, 0.15) is 10.8 Å². The van der Waals surface area contributed by atoms with E-state index in [9.17, 15) is 4.79 Å². The highest BCUT2D eigenvalue weighted by atomic mass is 32.1.